The Morgan fingerprint density at radius 3 is 2.15 bits per heavy atom. The van der Waals surface area contributed by atoms with Gasteiger partial charge < -0.3 is 4.79 Å². The van der Waals surface area contributed by atoms with E-state index in [4.69, 9.17) is 0 Å². The second-order valence-electron chi connectivity index (χ2n) is 3.67. The summed E-state index contributed by atoms with van der Waals surface area (Å²) >= 11 is 0. The summed E-state index contributed by atoms with van der Waals surface area (Å²) in [6.45, 7) is 4.23. The van der Waals surface area contributed by atoms with Crippen molar-refractivity contribution in [1.29, 1.82) is 0 Å². The Hall–Kier alpha value is -0.330. The van der Waals surface area contributed by atoms with Gasteiger partial charge in [0.25, 0.3) is 0 Å². The monoisotopic (exact) mass is 186 g/mol. The Balaban J connectivity index is 0. The molecule has 0 saturated carbocycles. The Morgan fingerprint density at radius 1 is 1.08 bits per heavy atom. The van der Waals surface area contributed by atoms with Gasteiger partial charge in [0.2, 0.25) is 0 Å². The minimum absolute atomic E-state index is 0. The minimum Gasteiger partial charge on any atom is -0.303 e. The molecule has 0 aromatic carbocycles. The summed E-state index contributed by atoms with van der Waals surface area (Å²) in [5.74, 6) is 0.274. The molecule has 0 N–H and O–H groups in total. The molecule has 0 aromatic heterocycles. The van der Waals surface area contributed by atoms with Crippen LogP contribution in [0, 0.1) is 5.92 Å². The number of aldehydes is 1. The van der Waals surface area contributed by atoms with E-state index in [1.807, 2.05) is 6.92 Å². The van der Waals surface area contributed by atoms with E-state index < -0.39 is 0 Å². The van der Waals surface area contributed by atoms with Crippen LogP contribution in [0.4, 0.5) is 0 Å². The summed E-state index contributed by atoms with van der Waals surface area (Å²) < 4.78 is 0. The number of carbonyl (C=O) groups is 1. The van der Waals surface area contributed by atoms with Crippen LogP contribution >= 0.6 is 0 Å². The standard InChI is InChI=1S/C11H22O.CH4/c1-3-4-5-6-7-8-9-11(2)10-12;/h10-11H,3-9H2,1-2H3;1H4. The lowest BCUT2D eigenvalue weighted by atomic mass is 10.0. The summed E-state index contributed by atoms with van der Waals surface area (Å²) in [5, 5.41) is 0. The third-order valence-electron chi connectivity index (χ3n) is 2.25. The van der Waals surface area contributed by atoms with Gasteiger partial charge in [0, 0.05) is 5.92 Å². The molecule has 0 saturated heterocycles. The van der Waals surface area contributed by atoms with Gasteiger partial charge in [-0.25, -0.2) is 0 Å². The van der Waals surface area contributed by atoms with E-state index in [-0.39, 0.29) is 13.3 Å². The number of unbranched alkanes of at least 4 members (excludes halogenated alkanes) is 5. The third-order valence-corrected chi connectivity index (χ3v) is 2.25. The average molecular weight is 186 g/mol. The number of hydrogen-bond acceptors (Lipinski definition) is 1. The lowest BCUT2D eigenvalue weighted by molar-refractivity contribution is -0.110. The van der Waals surface area contributed by atoms with Crippen molar-refractivity contribution in [3.8, 4) is 0 Å². The molecule has 1 atom stereocenters. The highest BCUT2D eigenvalue weighted by Gasteiger charge is 1.97. The highest BCUT2D eigenvalue weighted by molar-refractivity contribution is 5.52. The molecule has 0 spiro atoms. The van der Waals surface area contributed by atoms with Gasteiger partial charge in [0.05, 0.1) is 0 Å². The van der Waals surface area contributed by atoms with Gasteiger partial charge in [0.1, 0.15) is 6.29 Å². The van der Waals surface area contributed by atoms with Crippen LogP contribution in [0.15, 0.2) is 0 Å². The van der Waals surface area contributed by atoms with Crippen LogP contribution in [0.3, 0.4) is 0 Å². The van der Waals surface area contributed by atoms with E-state index in [0.29, 0.717) is 0 Å². The van der Waals surface area contributed by atoms with Crippen LogP contribution in [-0.4, -0.2) is 6.29 Å². The third kappa shape index (κ3) is 11.7. The number of carbonyl (C=O) groups excluding carboxylic acids is 1. The molecular formula is C12H26O. The van der Waals surface area contributed by atoms with Crippen LogP contribution in [0.5, 0.6) is 0 Å². The van der Waals surface area contributed by atoms with E-state index in [1.165, 1.54) is 38.5 Å². The molecule has 0 bridgehead atoms. The lowest BCUT2D eigenvalue weighted by Crippen LogP contribution is -1.94. The van der Waals surface area contributed by atoms with Crippen molar-refractivity contribution in [1.82, 2.24) is 0 Å². The number of rotatable bonds is 8. The Morgan fingerprint density at radius 2 is 1.62 bits per heavy atom. The van der Waals surface area contributed by atoms with Crippen LogP contribution < -0.4 is 0 Å². The zero-order chi connectivity index (χ0) is 9.23. The normalized spacial score (nSPS) is 11.8. The summed E-state index contributed by atoms with van der Waals surface area (Å²) in [6.07, 6.45) is 10.1. The van der Waals surface area contributed by atoms with Gasteiger partial charge in [-0.1, -0.05) is 59.8 Å². The molecule has 0 amide bonds. The predicted molar refractivity (Wildman–Crippen MR) is 60.0 cm³/mol. The fourth-order valence-corrected chi connectivity index (χ4v) is 1.31. The van der Waals surface area contributed by atoms with E-state index in [9.17, 15) is 4.79 Å². The van der Waals surface area contributed by atoms with Crippen LogP contribution in [0.2, 0.25) is 0 Å². The summed E-state index contributed by atoms with van der Waals surface area (Å²) in [5.41, 5.74) is 0. The van der Waals surface area contributed by atoms with Crippen LogP contribution in [-0.2, 0) is 4.79 Å². The fraction of sp³-hybridized carbons (Fsp3) is 0.917. The first-order valence-electron chi connectivity index (χ1n) is 5.26. The maximum Gasteiger partial charge on any atom is 0.122 e. The van der Waals surface area contributed by atoms with Crippen molar-refractivity contribution in [2.24, 2.45) is 5.92 Å². The van der Waals surface area contributed by atoms with Crippen molar-refractivity contribution < 1.29 is 4.79 Å². The van der Waals surface area contributed by atoms with Crippen molar-refractivity contribution in [3.05, 3.63) is 0 Å². The van der Waals surface area contributed by atoms with Gasteiger partial charge in [-0.15, -0.1) is 0 Å². The van der Waals surface area contributed by atoms with Crippen molar-refractivity contribution in [3.63, 3.8) is 0 Å². The van der Waals surface area contributed by atoms with Crippen molar-refractivity contribution >= 4 is 6.29 Å². The highest BCUT2D eigenvalue weighted by Crippen LogP contribution is 2.10. The Labute approximate surface area is 83.9 Å². The summed E-state index contributed by atoms with van der Waals surface area (Å²) in [4.78, 5) is 10.3. The largest absolute Gasteiger partial charge is 0.303 e. The molecule has 13 heavy (non-hydrogen) atoms. The van der Waals surface area contributed by atoms with Crippen molar-refractivity contribution in [2.45, 2.75) is 66.2 Å². The second-order valence-corrected chi connectivity index (χ2v) is 3.67. The molecular weight excluding hydrogens is 160 g/mol. The first-order chi connectivity index (χ1) is 5.81. The highest BCUT2D eigenvalue weighted by atomic mass is 16.1. The molecule has 0 fully saturated rings. The second kappa shape index (κ2) is 11.7. The van der Waals surface area contributed by atoms with Gasteiger partial charge in [-0.3, -0.25) is 0 Å². The summed E-state index contributed by atoms with van der Waals surface area (Å²) in [6, 6.07) is 0. The van der Waals surface area contributed by atoms with Crippen LogP contribution in [0.1, 0.15) is 66.2 Å². The Bertz CT molecular complexity index is 99.3. The van der Waals surface area contributed by atoms with Crippen LogP contribution in [0.25, 0.3) is 0 Å². The maximum absolute atomic E-state index is 10.3. The summed E-state index contributed by atoms with van der Waals surface area (Å²) in [7, 11) is 0. The van der Waals surface area contributed by atoms with E-state index in [2.05, 4.69) is 6.92 Å². The fourth-order valence-electron chi connectivity index (χ4n) is 1.31. The van der Waals surface area contributed by atoms with E-state index in [1.54, 1.807) is 0 Å². The quantitative estimate of drug-likeness (QED) is 0.410. The molecule has 0 aliphatic carbocycles. The first kappa shape index (κ1) is 15.2. The van der Waals surface area contributed by atoms with Gasteiger partial charge in [0.15, 0.2) is 0 Å². The van der Waals surface area contributed by atoms with Gasteiger partial charge in [-0.2, -0.15) is 0 Å². The molecule has 0 aromatic rings. The average Bonchev–Trinajstić information content (AvgIpc) is 2.10. The molecule has 1 heteroatoms. The minimum atomic E-state index is 0. The number of hydrogen-bond donors (Lipinski definition) is 0. The SMILES string of the molecule is C.CCCCCCCCC(C)C=O. The topological polar surface area (TPSA) is 17.1 Å². The predicted octanol–water partition coefficient (Wildman–Crippen LogP) is 4.21. The molecule has 1 unspecified atom stereocenters. The van der Waals surface area contributed by atoms with Gasteiger partial charge in [-0.05, 0) is 6.42 Å². The molecule has 0 aliphatic rings. The zero-order valence-corrected chi connectivity index (χ0v) is 8.51. The van der Waals surface area contributed by atoms with Gasteiger partial charge >= 0.3 is 0 Å². The molecule has 80 valence electrons. The first-order valence-corrected chi connectivity index (χ1v) is 5.26. The van der Waals surface area contributed by atoms with E-state index >= 15 is 0 Å². The molecule has 0 aliphatic heterocycles. The van der Waals surface area contributed by atoms with Crippen molar-refractivity contribution in [2.75, 3.05) is 0 Å². The lowest BCUT2D eigenvalue weighted by Gasteiger charge is -2.02. The molecule has 1 nitrogen and oxygen atoms in total. The maximum atomic E-state index is 10.3. The molecule has 0 rings (SSSR count). The molecule has 0 heterocycles. The zero-order valence-electron chi connectivity index (χ0n) is 8.51. The molecule has 0 radical (unpaired) electrons. The smallest absolute Gasteiger partial charge is 0.122 e. The van der Waals surface area contributed by atoms with E-state index in [0.717, 1.165) is 12.7 Å². The Kier molecular flexibility index (Phi) is 13.6.